The summed E-state index contributed by atoms with van der Waals surface area (Å²) in [6, 6.07) is 0.545. The van der Waals surface area contributed by atoms with E-state index in [1.165, 1.54) is 11.5 Å². The predicted molar refractivity (Wildman–Crippen MR) is 78.3 cm³/mol. The van der Waals surface area contributed by atoms with Gasteiger partial charge >= 0.3 is 0 Å². The Morgan fingerprint density at radius 1 is 1.17 bits per heavy atom. The van der Waals surface area contributed by atoms with Crippen molar-refractivity contribution in [2.24, 2.45) is 0 Å². The van der Waals surface area contributed by atoms with Crippen LogP contribution in [0.15, 0.2) is 0 Å². The second kappa shape index (κ2) is 7.03. The molecular formula is C12H22N2O2S2. The molecule has 0 aliphatic carbocycles. The minimum Gasteiger partial charge on any atom is -0.390 e. The van der Waals surface area contributed by atoms with E-state index in [4.69, 9.17) is 0 Å². The van der Waals surface area contributed by atoms with Gasteiger partial charge in [0.25, 0.3) is 0 Å². The number of aliphatic hydroxyl groups excluding tert-OH is 1. The van der Waals surface area contributed by atoms with E-state index in [2.05, 4.69) is 4.90 Å². The van der Waals surface area contributed by atoms with Gasteiger partial charge in [0.2, 0.25) is 5.91 Å². The van der Waals surface area contributed by atoms with Crippen LogP contribution in [0.25, 0.3) is 0 Å². The van der Waals surface area contributed by atoms with Crippen molar-refractivity contribution in [3.05, 3.63) is 0 Å². The number of amides is 1. The van der Waals surface area contributed by atoms with E-state index < -0.39 is 6.10 Å². The first kappa shape index (κ1) is 14.5. The molecule has 2 fully saturated rings. The Labute approximate surface area is 117 Å². The van der Waals surface area contributed by atoms with Gasteiger partial charge in [-0.05, 0) is 0 Å². The summed E-state index contributed by atoms with van der Waals surface area (Å²) in [4.78, 5) is 15.6. The van der Waals surface area contributed by atoms with Gasteiger partial charge in [-0.2, -0.15) is 23.5 Å². The fourth-order valence-electron chi connectivity index (χ4n) is 2.45. The fraction of sp³-hybridized carbons (Fsp3) is 0.917. The van der Waals surface area contributed by atoms with Crippen molar-refractivity contribution in [1.82, 2.24) is 9.80 Å². The monoisotopic (exact) mass is 290 g/mol. The van der Waals surface area contributed by atoms with E-state index in [1.807, 2.05) is 23.5 Å². The zero-order valence-corrected chi connectivity index (χ0v) is 12.5. The molecule has 2 aliphatic heterocycles. The van der Waals surface area contributed by atoms with Crippen LogP contribution < -0.4 is 0 Å². The van der Waals surface area contributed by atoms with Crippen LogP contribution in [-0.2, 0) is 4.79 Å². The third-order valence-electron chi connectivity index (χ3n) is 3.49. The lowest BCUT2D eigenvalue weighted by atomic mass is 10.2. The number of nitrogens with zero attached hydrogens (tertiary/aromatic N) is 2. The summed E-state index contributed by atoms with van der Waals surface area (Å²) in [6.45, 7) is 4.41. The van der Waals surface area contributed by atoms with E-state index in [-0.39, 0.29) is 5.91 Å². The quantitative estimate of drug-likeness (QED) is 0.755. The van der Waals surface area contributed by atoms with E-state index in [0.717, 1.165) is 24.6 Å². The Morgan fingerprint density at radius 3 is 2.44 bits per heavy atom. The van der Waals surface area contributed by atoms with Crippen LogP contribution in [0.4, 0.5) is 0 Å². The van der Waals surface area contributed by atoms with Crippen LogP contribution in [0.2, 0.25) is 0 Å². The molecule has 18 heavy (non-hydrogen) atoms. The standard InChI is InChI=1S/C12H22N2O2S2/c1-10(15)13-2-3-14(7-12(16)6-13)11-8-17-4-5-18-9-11/h11-12,16H,2-9H2,1H3/t12-/m1/s1. The number of hydrogen-bond donors (Lipinski definition) is 1. The maximum Gasteiger partial charge on any atom is 0.219 e. The van der Waals surface area contributed by atoms with Crippen molar-refractivity contribution in [3.8, 4) is 0 Å². The van der Waals surface area contributed by atoms with Gasteiger partial charge in [0.1, 0.15) is 0 Å². The molecule has 2 heterocycles. The largest absolute Gasteiger partial charge is 0.390 e. The molecule has 0 spiro atoms. The highest BCUT2D eigenvalue weighted by Gasteiger charge is 2.27. The molecule has 6 heteroatoms. The summed E-state index contributed by atoms with van der Waals surface area (Å²) in [5.41, 5.74) is 0. The average Bonchev–Trinajstić information content (AvgIpc) is 2.68. The lowest BCUT2D eigenvalue weighted by Crippen LogP contribution is -2.43. The molecule has 104 valence electrons. The third-order valence-corrected chi connectivity index (χ3v) is 5.97. The molecule has 0 aromatic carbocycles. The molecule has 1 N–H and O–H groups in total. The molecule has 2 aliphatic rings. The predicted octanol–water partition coefficient (Wildman–Crippen LogP) is 0.360. The lowest BCUT2D eigenvalue weighted by Gasteiger charge is -2.29. The lowest BCUT2D eigenvalue weighted by molar-refractivity contribution is -0.129. The van der Waals surface area contributed by atoms with E-state index in [0.29, 0.717) is 19.1 Å². The van der Waals surface area contributed by atoms with Crippen LogP contribution in [0.1, 0.15) is 6.92 Å². The van der Waals surface area contributed by atoms with Crippen LogP contribution in [0.5, 0.6) is 0 Å². The van der Waals surface area contributed by atoms with Crippen molar-refractivity contribution < 1.29 is 9.90 Å². The van der Waals surface area contributed by atoms with Crippen LogP contribution in [0.3, 0.4) is 0 Å². The molecular weight excluding hydrogens is 268 g/mol. The molecule has 2 rings (SSSR count). The molecule has 0 aromatic heterocycles. The van der Waals surface area contributed by atoms with Crippen LogP contribution >= 0.6 is 23.5 Å². The number of aliphatic hydroxyl groups is 1. The van der Waals surface area contributed by atoms with Gasteiger partial charge in [0.15, 0.2) is 0 Å². The first-order chi connectivity index (χ1) is 8.66. The minimum atomic E-state index is -0.408. The zero-order chi connectivity index (χ0) is 13.0. The molecule has 4 nitrogen and oxygen atoms in total. The van der Waals surface area contributed by atoms with Crippen LogP contribution in [0, 0.1) is 0 Å². The Hall–Kier alpha value is 0.0900. The Morgan fingerprint density at radius 2 is 1.83 bits per heavy atom. The number of carbonyl (C=O) groups is 1. The summed E-state index contributed by atoms with van der Waals surface area (Å²) in [5.74, 6) is 4.84. The van der Waals surface area contributed by atoms with Gasteiger partial charge in [-0.1, -0.05) is 0 Å². The van der Waals surface area contributed by atoms with Crippen molar-refractivity contribution in [1.29, 1.82) is 0 Å². The number of rotatable bonds is 1. The van der Waals surface area contributed by atoms with Gasteiger partial charge in [-0.25, -0.2) is 0 Å². The van der Waals surface area contributed by atoms with E-state index >= 15 is 0 Å². The Bertz CT molecular complexity index is 283. The highest BCUT2D eigenvalue weighted by Crippen LogP contribution is 2.21. The number of β-amino-alcohol motifs (C(OH)–C–C–N with tert-alkyl or cyclic N) is 1. The molecule has 0 unspecified atom stereocenters. The highest BCUT2D eigenvalue weighted by molar-refractivity contribution is 8.03. The summed E-state index contributed by atoms with van der Waals surface area (Å²) < 4.78 is 0. The van der Waals surface area contributed by atoms with Gasteiger partial charge < -0.3 is 10.0 Å². The second-order valence-corrected chi connectivity index (χ2v) is 7.22. The summed E-state index contributed by atoms with van der Waals surface area (Å²) >= 11 is 4.02. The topological polar surface area (TPSA) is 43.8 Å². The first-order valence-electron chi connectivity index (χ1n) is 6.50. The van der Waals surface area contributed by atoms with E-state index in [1.54, 1.807) is 11.8 Å². The molecule has 1 atom stereocenters. The maximum atomic E-state index is 11.4. The third kappa shape index (κ3) is 4.05. The number of carbonyl (C=O) groups excluding carboxylic acids is 1. The average molecular weight is 290 g/mol. The molecule has 1 amide bonds. The summed E-state index contributed by atoms with van der Waals surface area (Å²) in [7, 11) is 0. The fourth-order valence-corrected chi connectivity index (χ4v) is 5.07. The Kier molecular flexibility index (Phi) is 5.66. The van der Waals surface area contributed by atoms with Crippen LogP contribution in [-0.4, -0.2) is 82.1 Å². The molecule has 0 bridgehead atoms. The highest BCUT2D eigenvalue weighted by atomic mass is 32.2. The van der Waals surface area contributed by atoms with Gasteiger partial charge in [-0.15, -0.1) is 0 Å². The minimum absolute atomic E-state index is 0.0699. The molecule has 0 radical (unpaired) electrons. The van der Waals surface area contributed by atoms with Gasteiger partial charge in [-0.3, -0.25) is 9.69 Å². The second-order valence-electron chi connectivity index (χ2n) is 4.92. The summed E-state index contributed by atoms with van der Waals surface area (Å²) in [5, 5.41) is 10.0. The van der Waals surface area contributed by atoms with Gasteiger partial charge in [0.05, 0.1) is 6.10 Å². The maximum absolute atomic E-state index is 11.4. The van der Waals surface area contributed by atoms with Crippen molar-refractivity contribution >= 4 is 29.4 Å². The molecule has 2 saturated heterocycles. The zero-order valence-electron chi connectivity index (χ0n) is 10.9. The molecule has 0 aromatic rings. The van der Waals surface area contributed by atoms with Gasteiger partial charge in [0, 0.05) is 62.2 Å². The van der Waals surface area contributed by atoms with Crippen molar-refractivity contribution in [2.75, 3.05) is 49.2 Å². The van der Waals surface area contributed by atoms with Crippen molar-refractivity contribution in [2.45, 2.75) is 19.1 Å². The number of hydrogen-bond acceptors (Lipinski definition) is 5. The Balaban J connectivity index is 1.94. The smallest absolute Gasteiger partial charge is 0.219 e. The SMILES string of the molecule is CC(=O)N1CCN(C2CSCCSC2)C[C@H](O)C1. The van der Waals surface area contributed by atoms with Crippen molar-refractivity contribution in [3.63, 3.8) is 0 Å². The summed E-state index contributed by atoms with van der Waals surface area (Å²) in [6.07, 6.45) is -0.408. The van der Waals surface area contributed by atoms with E-state index in [9.17, 15) is 9.90 Å². The molecule has 0 saturated carbocycles. The first-order valence-corrected chi connectivity index (χ1v) is 8.81. The normalized spacial score (nSPS) is 28.8. The number of thioether (sulfide) groups is 2.